The Bertz CT molecular complexity index is 719. The van der Waals surface area contributed by atoms with Crippen LogP contribution in [0.1, 0.15) is 19.4 Å². The van der Waals surface area contributed by atoms with Crippen molar-refractivity contribution in [2.24, 2.45) is 5.92 Å². The zero-order chi connectivity index (χ0) is 17.3. The molecule has 0 spiro atoms. The molecule has 1 fully saturated rings. The van der Waals surface area contributed by atoms with Gasteiger partial charge >= 0.3 is 0 Å². The molecule has 0 bridgehead atoms. The number of carbonyl (C=O) groups excluding carboxylic acids is 2. The first-order valence-electron chi connectivity index (χ1n) is 6.65. The van der Waals surface area contributed by atoms with Gasteiger partial charge in [-0.2, -0.15) is 0 Å². The van der Waals surface area contributed by atoms with Crippen LogP contribution in [0, 0.1) is 5.92 Å². The summed E-state index contributed by atoms with van der Waals surface area (Å²) in [6, 6.07) is 3.85. The molecule has 0 unspecified atom stereocenters. The fraction of sp³-hybridized carbons (Fsp3) is 0.267. The van der Waals surface area contributed by atoms with E-state index in [2.05, 4.69) is 0 Å². The lowest BCUT2D eigenvalue weighted by Gasteiger charge is -2.30. The van der Waals surface area contributed by atoms with Crippen LogP contribution in [0.4, 0.5) is 0 Å². The molecule has 1 aromatic carbocycles. The normalized spacial score (nSPS) is 18.1. The fourth-order valence-electron chi connectivity index (χ4n) is 2.15. The van der Waals surface area contributed by atoms with E-state index in [-0.39, 0.29) is 10.2 Å². The van der Waals surface area contributed by atoms with E-state index in [1.807, 2.05) is 0 Å². The van der Waals surface area contributed by atoms with Crippen LogP contribution in [0.3, 0.4) is 0 Å². The molecule has 0 N–H and O–H groups in total. The average Bonchev–Trinajstić information content (AvgIpc) is 2.70. The zero-order valence-corrected chi connectivity index (χ0v) is 15.4. The second-order valence-corrected chi connectivity index (χ2v) is 7.72. The topological polar surface area (TPSA) is 60.4 Å². The summed E-state index contributed by atoms with van der Waals surface area (Å²) in [7, 11) is 0. The SMILES string of the molecule is CC(C)[C@@H](C(=O)[O-])N1C(=O)/C(=C\c2ccc(Cl)c(Cl)c2)SC1=S. The van der Waals surface area contributed by atoms with Crippen molar-refractivity contribution in [2.45, 2.75) is 19.9 Å². The molecule has 1 aromatic rings. The number of carboxylic acids is 1. The summed E-state index contributed by atoms with van der Waals surface area (Å²) in [5, 5.41) is 12.1. The largest absolute Gasteiger partial charge is 0.548 e. The highest BCUT2D eigenvalue weighted by molar-refractivity contribution is 8.26. The minimum absolute atomic E-state index is 0.198. The van der Waals surface area contributed by atoms with E-state index < -0.39 is 17.9 Å². The second-order valence-electron chi connectivity index (χ2n) is 5.23. The average molecular weight is 389 g/mol. The fourth-order valence-corrected chi connectivity index (χ4v) is 3.78. The van der Waals surface area contributed by atoms with Crippen LogP contribution in [-0.2, 0) is 9.59 Å². The highest BCUT2D eigenvalue weighted by Crippen LogP contribution is 2.36. The quantitative estimate of drug-likeness (QED) is 0.585. The maximum atomic E-state index is 12.5. The lowest BCUT2D eigenvalue weighted by Crippen LogP contribution is -2.52. The predicted octanol–water partition coefficient (Wildman–Crippen LogP) is 2.97. The Morgan fingerprint density at radius 1 is 1.35 bits per heavy atom. The van der Waals surface area contributed by atoms with Crippen molar-refractivity contribution in [3.63, 3.8) is 0 Å². The number of thiocarbonyl (C=S) groups is 1. The monoisotopic (exact) mass is 388 g/mol. The number of amides is 1. The van der Waals surface area contributed by atoms with Gasteiger partial charge in [-0.05, 0) is 29.7 Å². The molecular weight excluding hydrogens is 377 g/mol. The van der Waals surface area contributed by atoms with Crippen molar-refractivity contribution >= 4 is 69.5 Å². The summed E-state index contributed by atoms with van der Waals surface area (Å²) in [6.07, 6.45) is 1.61. The first-order chi connectivity index (χ1) is 10.7. The molecule has 0 radical (unpaired) electrons. The molecule has 23 heavy (non-hydrogen) atoms. The molecule has 0 aromatic heterocycles. The predicted molar refractivity (Wildman–Crippen MR) is 95.1 cm³/mol. The highest BCUT2D eigenvalue weighted by atomic mass is 35.5. The minimum atomic E-state index is -1.33. The summed E-state index contributed by atoms with van der Waals surface area (Å²) >= 11 is 18.0. The van der Waals surface area contributed by atoms with Gasteiger partial charge in [0.2, 0.25) is 0 Å². The number of carboxylic acid groups (broad SMARTS) is 1. The van der Waals surface area contributed by atoms with E-state index in [1.54, 1.807) is 38.1 Å². The smallest absolute Gasteiger partial charge is 0.266 e. The standard InChI is InChI=1S/C15H13Cl2NO3S2/c1-7(2)12(14(20)21)18-13(19)11(23-15(18)22)6-8-3-4-9(16)10(17)5-8/h3-7,12H,1-2H3,(H,20,21)/p-1/b11-6+/t12-/m0/s1. The van der Waals surface area contributed by atoms with Crippen LogP contribution < -0.4 is 5.11 Å². The van der Waals surface area contributed by atoms with Gasteiger partial charge < -0.3 is 9.90 Å². The third kappa shape index (κ3) is 3.88. The molecule has 1 aliphatic rings. The van der Waals surface area contributed by atoms with E-state index >= 15 is 0 Å². The molecule has 122 valence electrons. The third-order valence-electron chi connectivity index (χ3n) is 3.22. The van der Waals surface area contributed by atoms with Crippen molar-refractivity contribution in [2.75, 3.05) is 0 Å². The molecule has 4 nitrogen and oxygen atoms in total. The van der Waals surface area contributed by atoms with E-state index in [4.69, 9.17) is 35.4 Å². The molecule has 8 heteroatoms. The van der Waals surface area contributed by atoms with Crippen LogP contribution in [0.15, 0.2) is 23.1 Å². The molecule has 2 rings (SSSR count). The van der Waals surface area contributed by atoms with Crippen molar-refractivity contribution in [3.8, 4) is 0 Å². The molecule has 1 saturated heterocycles. The zero-order valence-electron chi connectivity index (χ0n) is 12.2. The van der Waals surface area contributed by atoms with E-state index in [0.29, 0.717) is 20.5 Å². The summed E-state index contributed by atoms with van der Waals surface area (Å²) in [5.41, 5.74) is 0.675. The molecule has 1 atom stereocenters. The Morgan fingerprint density at radius 2 is 2.00 bits per heavy atom. The number of halogens is 2. The summed E-state index contributed by atoms with van der Waals surface area (Å²) in [6.45, 7) is 3.39. The van der Waals surface area contributed by atoms with Gasteiger partial charge in [-0.15, -0.1) is 0 Å². The number of rotatable bonds is 4. The highest BCUT2D eigenvalue weighted by Gasteiger charge is 2.39. The molecule has 1 amide bonds. The number of hydrogen-bond acceptors (Lipinski definition) is 5. The van der Waals surface area contributed by atoms with Gasteiger partial charge in [0, 0.05) is 0 Å². The van der Waals surface area contributed by atoms with Gasteiger partial charge in [0.15, 0.2) is 0 Å². The lowest BCUT2D eigenvalue weighted by molar-refractivity contribution is -0.311. The number of nitrogens with zero attached hydrogens (tertiary/aromatic N) is 1. The van der Waals surface area contributed by atoms with Crippen LogP contribution >= 0.6 is 47.2 Å². The van der Waals surface area contributed by atoms with Crippen molar-refractivity contribution < 1.29 is 14.7 Å². The Morgan fingerprint density at radius 3 is 2.52 bits per heavy atom. The summed E-state index contributed by atoms with van der Waals surface area (Å²) < 4.78 is 0.198. The number of benzene rings is 1. The van der Waals surface area contributed by atoms with Gasteiger partial charge in [-0.3, -0.25) is 9.69 Å². The molecule has 0 saturated carbocycles. The Kier molecular flexibility index (Phi) is 5.73. The maximum Gasteiger partial charge on any atom is 0.266 e. The van der Waals surface area contributed by atoms with Crippen molar-refractivity contribution in [1.29, 1.82) is 0 Å². The van der Waals surface area contributed by atoms with Crippen LogP contribution in [0.25, 0.3) is 6.08 Å². The van der Waals surface area contributed by atoms with E-state index in [9.17, 15) is 14.7 Å². The van der Waals surface area contributed by atoms with Gasteiger partial charge in [0.05, 0.1) is 27.0 Å². The van der Waals surface area contributed by atoms with Gasteiger partial charge in [-0.25, -0.2) is 0 Å². The Labute approximate surface area is 153 Å². The second kappa shape index (κ2) is 7.21. The minimum Gasteiger partial charge on any atom is -0.548 e. The number of hydrogen-bond donors (Lipinski definition) is 0. The summed E-state index contributed by atoms with van der Waals surface area (Å²) in [4.78, 5) is 25.3. The Balaban J connectivity index is 2.35. The van der Waals surface area contributed by atoms with Gasteiger partial charge in [-0.1, -0.05) is 67.1 Å². The summed E-state index contributed by atoms with van der Waals surface area (Å²) in [5.74, 6) is -2.10. The number of aliphatic carboxylic acids is 1. The Hall–Kier alpha value is -1.08. The van der Waals surface area contributed by atoms with Crippen LogP contribution in [-0.4, -0.2) is 27.1 Å². The molecule has 0 aliphatic carbocycles. The van der Waals surface area contributed by atoms with Crippen LogP contribution in [0.2, 0.25) is 10.0 Å². The molecular formula is C15H12Cl2NO3S2-. The number of thioether (sulfide) groups is 1. The molecule has 1 heterocycles. The van der Waals surface area contributed by atoms with E-state index in [0.717, 1.165) is 16.7 Å². The van der Waals surface area contributed by atoms with Gasteiger partial charge in [0.25, 0.3) is 5.91 Å². The number of carbonyl (C=O) groups is 2. The van der Waals surface area contributed by atoms with Crippen molar-refractivity contribution in [3.05, 3.63) is 38.7 Å². The van der Waals surface area contributed by atoms with Crippen molar-refractivity contribution in [1.82, 2.24) is 4.90 Å². The first kappa shape index (κ1) is 18.3. The van der Waals surface area contributed by atoms with E-state index in [1.165, 1.54) is 0 Å². The first-order valence-corrected chi connectivity index (χ1v) is 8.63. The van der Waals surface area contributed by atoms with Crippen LogP contribution in [0.5, 0.6) is 0 Å². The maximum absolute atomic E-state index is 12.5. The third-order valence-corrected chi connectivity index (χ3v) is 5.29. The lowest BCUT2D eigenvalue weighted by atomic mass is 10.0. The van der Waals surface area contributed by atoms with Gasteiger partial charge in [0.1, 0.15) is 4.32 Å². The molecule has 1 aliphatic heterocycles.